The summed E-state index contributed by atoms with van der Waals surface area (Å²) in [5.74, 6) is -0.347. The molecule has 0 bridgehead atoms. The van der Waals surface area contributed by atoms with Gasteiger partial charge in [-0.3, -0.25) is 4.98 Å². The van der Waals surface area contributed by atoms with Crippen LogP contribution in [0.25, 0.3) is 0 Å². The highest BCUT2D eigenvalue weighted by atomic mass is 16.8. The number of ether oxygens (including phenoxy) is 2. The van der Waals surface area contributed by atoms with Crippen molar-refractivity contribution in [2.24, 2.45) is 0 Å². The minimum absolute atomic E-state index is 0.257. The van der Waals surface area contributed by atoms with Crippen molar-refractivity contribution in [1.29, 1.82) is 0 Å². The fourth-order valence-electron chi connectivity index (χ4n) is 8.29. The van der Waals surface area contributed by atoms with Gasteiger partial charge in [0.05, 0.1) is 12.2 Å². The molecule has 2 heterocycles. The molecule has 1 aliphatic heterocycles. The van der Waals surface area contributed by atoms with Crippen LogP contribution in [-0.2, 0) is 15.9 Å². The highest BCUT2D eigenvalue weighted by Crippen LogP contribution is 2.44. The van der Waals surface area contributed by atoms with Crippen LogP contribution in [0.15, 0.2) is 73.1 Å². The summed E-state index contributed by atoms with van der Waals surface area (Å²) in [6, 6.07) is 4.82. The number of hydrogen-bond donors (Lipinski definition) is 0. The molecule has 1 aromatic rings. The molecular formula is C50H84N2O2. The molecule has 2 fully saturated rings. The number of nitrogens with zero attached hydrogens (tertiary/aromatic N) is 2. The number of unbranched alkanes of at least 4 members (excludes halogenated alkanes) is 18. The van der Waals surface area contributed by atoms with Crippen molar-refractivity contribution in [3.8, 4) is 0 Å². The molecular weight excluding hydrogens is 661 g/mol. The minimum atomic E-state index is -0.347. The largest absolute Gasteiger partial charge is 0.344 e. The second kappa shape index (κ2) is 31.1. The molecule has 306 valence electrons. The van der Waals surface area contributed by atoms with Gasteiger partial charge in [-0.05, 0) is 121 Å². The number of hydrogen-bond acceptors (Lipinski definition) is 4. The van der Waals surface area contributed by atoms with Crippen LogP contribution >= 0.6 is 0 Å². The van der Waals surface area contributed by atoms with Crippen LogP contribution in [0.5, 0.6) is 0 Å². The highest BCUT2D eigenvalue weighted by molar-refractivity contribution is 5.10. The van der Waals surface area contributed by atoms with Gasteiger partial charge in [-0.1, -0.05) is 140 Å². The first-order valence-electron chi connectivity index (χ1n) is 23.2. The monoisotopic (exact) mass is 745 g/mol. The summed E-state index contributed by atoms with van der Waals surface area (Å²) in [6.45, 7) is 5.61. The third kappa shape index (κ3) is 21.3. The number of pyridine rings is 1. The predicted octanol–water partition coefficient (Wildman–Crippen LogP) is 14.6. The van der Waals surface area contributed by atoms with Gasteiger partial charge in [-0.2, -0.15) is 0 Å². The van der Waals surface area contributed by atoms with E-state index in [1.807, 2.05) is 12.4 Å². The van der Waals surface area contributed by atoms with Crippen LogP contribution in [0.1, 0.15) is 199 Å². The van der Waals surface area contributed by atoms with E-state index in [9.17, 15) is 0 Å². The summed E-state index contributed by atoms with van der Waals surface area (Å²) in [4.78, 5) is 6.72. The molecule has 1 aliphatic carbocycles. The lowest BCUT2D eigenvalue weighted by Gasteiger charge is -2.32. The Morgan fingerprint density at radius 3 is 1.43 bits per heavy atom. The van der Waals surface area contributed by atoms with E-state index in [-0.39, 0.29) is 18.0 Å². The molecule has 0 N–H and O–H groups in total. The van der Waals surface area contributed by atoms with E-state index in [2.05, 4.69) is 91.5 Å². The molecule has 0 spiro atoms. The van der Waals surface area contributed by atoms with Gasteiger partial charge in [0.2, 0.25) is 0 Å². The lowest BCUT2D eigenvalue weighted by molar-refractivity contribution is -0.193. The van der Waals surface area contributed by atoms with E-state index in [1.54, 1.807) is 0 Å². The highest BCUT2D eigenvalue weighted by Gasteiger charge is 2.51. The van der Waals surface area contributed by atoms with Crippen LogP contribution < -0.4 is 0 Å². The van der Waals surface area contributed by atoms with Gasteiger partial charge in [-0.25, -0.2) is 0 Å². The number of rotatable bonds is 34. The summed E-state index contributed by atoms with van der Waals surface area (Å²) >= 11 is 0. The average molecular weight is 745 g/mol. The zero-order chi connectivity index (χ0) is 38.2. The molecule has 3 atom stereocenters. The predicted molar refractivity (Wildman–Crippen MR) is 234 cm³/mol. The maximum absolute atomic E-state index is 6.98. The lowest BCUT2D eigenvalue weighted by atomic mass is 9.98. The minimum Gasteiger partial charge on any atom is -0.344 e. The van der Waals surface area contributed by atoms with Crippen LogP contribution in [0.4, 0.5) is 0 Å². The normalized spacial score (nSPS) is 19.9. The van der Waals surface area contributed by atoms with Crippen molar-refractivity contribution in [2.75, 3.05) is 13.6 Å². The van der Waals surface area contributed by atoms with Crippen molar-refractivity contribution < 1.29 is 9.47 Å². The van der Waals surface area contributed by atoms with E-state index in [0.29, 0.717) is 6.04 Å². The maximum atomic E-state index is 6.98. The van der Waals surface area contributed by atoms with Crippen LogP contribution in [-0.4, -0.2) is 47.5 Å². The van der Waals surface area contributed by atoms with Crippen molar-refractivity contribution >= 4 is 0 Å². The van der Waals surface area contributed by atoms with Gasteiger partial charge in [0.15, 0.2) is 5.79 Å². The van der Waals surface area contributed by atoms with E-state index >= 15 is 0 Å². The first-order chi connectivity index (χ1) is 26.7. The molecule has 0 radical (unpaired) electrons. The Balaban J connectivity index is 1.31. The molecule has 1 aromatic heterocycles. The van der Waals surface area contributed by atoms with E-state index < -0.39 is 0 Å². The summed E-state index contributed by atoms with van der Waals surface area (Å²) in [6.07, 6.45) is 59.5. The number of likely N-dealkylation sites (N-methyl/N-ethyl adjacent to an activating group) is 1. The fraction of sp³-hybridized carbons (Fsp3) is 0.740. The molecule has 1 saturated carbocycles. The zero-order valence-electron chi connectivity index (χ0n) is 35.6. The molecule has 2 aliphatic rings. The Morgan fingerprint density at radius 1 is 0.574 bits per heavy atom. The van der Waals surface area contributed by atoms with Crippen molar-refractivity contribution in [2.45, 2.75) is 224 Å². The molecule has 1 unspecified atom stereocenters. The molecule has 54 heavy (non-hydrogen) atoms. The molecule has 4 heteroatoms. The van der Waals surface area contributed by atoms with Gasteiger partial charge >= 0.3 is 0 Å². The van der Waals surface area contributed by atoms with Gasteiger partial charge in [-0.15, -0.1) is 0 Å². The lowest BCUT2D eigenvalue weighted by Crippen LogP contribution is -2.36. The van der Waals surface area contributed by atoms with Crippen LogP contribution in [0, 0.1) is 0 Å². The summed E-state index contributed by atoms with van der Waals surface area (Å²) in [5, 5.41) is 0. The Morgan fingerprint density at radius 2 is 0.981 bits per heavy atom. The zero-order valence-corrected chi connectivity index (χ0v) is 35.6. The summed E-state index contributed by atoms with van der Waals surface area (Å²) < 4.78 is 14.0. The van der Waals surface area contributed by atoms with Gasteiger partial charge in [0.1, 0.15) is 0 Å². The SMILES string of the molecule is CCCCC/C=C\C/C=C\CCCCCCCCC1(CCCCCCCC/C=C\C/C=C\CCCCC)OC2C[C@H](N(C)CCc3ccncc3)C[C@H]2O1. The second-order valence-corrected chi connectivity index (χ2v) is 16.6. The van der Waals surface area contributed by atoms with E-state index in [4.69, 9.17) is 9.47 Å². The smallest absolute Gasteiger partial charge is 0.169 e. The van der Waals surface area contributed by atoms with Crippen molar-refractivity contribution in [3.05, 3.63) is 78.7 Å². The average Bonchev–Trinajstić information content (AvgIpc) is 3.74. The topological polar surface area (TPSA) is 34.6 Å². The summed E-state index contributed by atoms with van der Waals surface area (Å²) in [7, 11) is 2.29. The first-order valence-corrected chi connectivity index (χ1v) is 23.2. The molecule has 3 rings (SSSR count). The molecule has 4 nitrogen and oxygen atoms in total. The van der Waals surface area contributed by atoms with Crippen molar-refractivity contribution in [1.82, 2.24) is 9.88 Å². The number of aromatic nitrogens is 1. The molecule has 1 saturated heterocycles. The van der Waals surface area contributed by atoms with Gasteiger partial charge in [0.25, 0.3) is 0 Å². The van der Waals surface area contributed by atoms with Gasteiger partial charge in [0, 0.05) is 37.8 Å². The Kier molecular flexibility index (Phi) is 26.7. The van der Waals surface area contributed by atoms with Gasteiger partial charge < -0.3 is 14.4 Å². The quantitative estimate of drug-likeness (QED) is 0.0520. The Hall–Kier alpha value is -2.01. The third-order valence-electron chi connectivity index (χ3n) is 11.8. The van der Waals surface area contributed by atoms with Crippen LogP contribution in [0.2, 0.25) is 0 Å². The van der Waals surface area contributed by atoms with E-state index in [1.165, 1.54) is 147 Å². The Labute approximate surface area is 334 Å². The first kappa shape index (κ1) is 46.4. The fourth-order valence-corrected chi connectivity index (χ4v) is 8.29. The standard InChI is InChI=1S/C50H84N2O2/c1-4-6-8-10-12-14-16-18-20-22-24-26-28-30-32-34-39-50(40-35-33-31-29-27-25-23-21-19-17-15-13-11-9-7-5-2)53-48-44-47(45-49(48)54-50)52(3)43-38-46-36-41-51-42-37-46/h12-15,18-21,36-37,41-42,47-49H,4-11,16-17,22-35,38-40,43-45H2,1-3H3/b14-12-,15-13-,20-18-,21-19-/t47-,48-,49?/m1/s1. The maximum Gasteiger partial charge on any atom is 0.169 e. The Bertz CT molecular complexity index is 1060. The number of fused-ring (bicyclic) bond motifs is 1. The van der Waals surface area contributed by atoms with E-state index in [0.717, 1.165) is 51.5 Å². The van der Waals surface area contributed by atoms with Crippen molar-refractivity contribution in [3.63, 3.8) is 0 Å². The summed E-state index contributed by atoms with van der Waals surface area (Å²) in [5.41, 5.74) is 1.36. The number of allylic oxidation sites excluding steroid dienone is 8. The third-order valence-corrected chi connectivity index (χ3v) is 11.8. The second-order valence-electron chi connectivity index (χ2n) is 16.6. The molecule has 0 aromatic carbocycles. The molecule has 0 amide bonds. The van der Waals surface area contributed by atoms with Crippen LogP contribution in [0.3, 0.4) is 0 Å².